The number of nitrogens with one attached hydrogen (secondary N) is 1. The van der Waals surface area contributed by atoms with Gasteiger partial charge in [0.1, 0.15) is 6.54 Å². The van der Waals surface area contributed by atoms with E-state index in [1.54, 1.807) is 11.1 Å². The Labute approximate surface area is 212 Å². The van der Waals surface area contributed by atoms with Crippen LogP contribution in [-0.2, 0) is 20.5 Å². The number of alkyl halides is 3. The van der Waals surface area contributed by atoms with Crippen molar-refractivity contribution in [2.75, 3.05) is 25.0 Å². The van der Waals surface area contributed by atoms with Gasteiger partial charge >= 0.3 is 6.18 Å². The molecule has 2 heterocycles. The monoisotopic (exact) mass is 512 g/mol. The third-order valence-corrected chi connectivity index (χ3v) is 6.52. The number of imidazole rings is 1. The summed E-state index contributed by atoms with van der Waals surface area (Å²) in [7, 11) is 0. The fourth-order valence-electron chi connectivity index (χ4n) is 4.42. The number of nitrogens with zero attached hydrogens (tertiary/aromatic N) is 3. The van der Waals surface area contributed by atoms with E-state index in [-0.39, 0.29) is 30.4 Å². The summed E-state index contributed by atoms with van der Waals surface area (Å²) in [4.78, 5) is 32.1. The summed E-state index contributed by atoms with van der Waals surface area (Å²) < 4.78 is 46.4. The molecule has 1 aromatic heterocycles. The lowest BCUT2D eigenvalue weighted by Gasteiger charge is -2.25. The van der Waals surface area contributed by atoms with E-state index in [1.807, 2.05) is 30.3 Å². The summed E-state index contributed by atoms with van der Waals surface area (Å²) in [5.41, 5.74) is 0.963. The molecule has 1 saturated carbocycles. The first kappa shape index (κ1) is 25.0. The SMILES string of the molecule is O=C(CN(CC1CCCO1)C(=O)C1CC1)Nc1nc(-c2ccccc2)cn1-c1ccc(C(F)(F)F)cc1. The summed E-state index contributed by atoms with van der Waals surface area (Å²) in [6.45, 7) is 0.843. The first-order valence-corrected chi connectivity index (χ1v) is 12.3. The maximum Gasteiger partial charge on any atom is 0.416 e. The molecule has 7 nitrogen and oxygen atoms in total. The van der Waals surface area contributed by atoms with Gasteiger partial charge in [-0.25, -0.2) is 4.98 Å². The minimum atomic E-state index is -4.46. The van der Waals surface area contributed by atoms with Gasteiger partial charge in [0.2, 0.25) is 17.8 Å². The smallest absolute Gasteiger partial charge is 0.376 e. The molecule has 2 amide bonds. The van der Waals surface area contributed by atoms with Crippen LogP contribution in [-0.4, -0.2) is 52.1 Å². The highest BCUT2D eigenvalue weighted by Gasteiger charge is 2.36. The summed E-state index contributed by atoms with van der Waals surface area (Å²) in [6, 6.07) is 13.9. The van der Waals surface area contributed by atoms with Crippen LogP contribution in [0.15, 0.2) is 60.8 Å². The highest BCUT2D eigenvalue weighted by Crippen LogP contribution is 2.32. The van der Waals surface area contributed by atoms with Crippen LogP contribution >= 0.6 is 0 Å². The van der Waals surface area contributed by atoms with E-state index in [4.69, 9.17) is 4.74 Å². The average Bonchev–Trinajstić information content (AvgIpc) is 3.45. The zero-order valence-electron chi connectivity index (χ0n) is 20.1. The standard InChI is InChI=1S/C27H27F3N4O3/c28-27(29,30)20-10-12-21(13-11-20)34-16-23(18-5-2-1-3-6-18)31-26(34)32-24(35)17-33(25(36)19-8-9-19)15-22-7-4-14-37-22/h1-3,5-6,10-13,16,19,22H,4,7-9,14-15,17H2,(H,31,32,35). The predicted octanol–water partition coefficient (Wildman–Crippen LogP) is 4.91. The third kappa shape index (κ3) is 6.02. The number of benzene rings is 2. The van der Waals surface area contributed by atoms with Gasteiger partial charge in [0.15, 0.2) is 0 Å². The van der Waals surface area contributed by atoms with Crippen molar-refractivity contribution < 1.29 is 27.5 Å². The van der Waals surface area contributed by atoms with E-state index in [2.05, 4.69) is 10.3 Å². The Morgan fingerprint density at radius 2 is 1.78 bits per heavy atom. The minimum Gasteiger partial charge on any atom is -0.376 e. The fourth-order valence-corrected chi connectivity index (χ4v) is 4.42. The Hall–Kier alpha value is -3.66. The maximum absolute atomic E-state index is 13.1. The van der Waals surface area contributed by atoms with E-state index in [0.717, 1.165) is 43.4 Å². The largest absolute Gasteiger partial charge is 0.416 e. The van der Waals surface area contributed by atoms with Crippen molar-refractivity contribution in [3.63, 3.8) is 0 Å². The van der Waals surface area contributed by atoms with Gasteiger partial charge in [0.25, 0.3) is 0 Å². The minimum absolute atomic E-state index is 0.0481. The Kier molecular flexibility index (Phi) is 7.01. The lowest BCUT2D eigenvalue weighted by Crippen LogP contribution is -2.43. The van der Waals surface area contributed by atoms with Crippen molar-refractivity contribution in [2.24, 2.45) is 5.92 Å². The van der Waals surface area contributed by atoms with Crippen molar-refractivity contribution in [1.29, 1.82) is 0 Å². The van der Waals surface area contributed by atoms with Crippen LogP contribution < -0.4 is 5.32 Å². The zero-order chi connectivity index (χ0) is 26.0. The number of halogens is 3. The average molecular weight is 513 g/mol. The number of hydrogen-bond donors (Lipinski definition) is 1. The molecule has 2 aliphatic rings. The number of carbonyl (C=O) groups is 2. The number of ether oxygens (including phenoxy) is 1. The van der Waals surface area contributed by atoms with Crippen LogP contribution in [0.2, 0.25) is 0 Å². The molecule has 1 N–H and O–H groups in total. The van der Waals surface area contributed by atoms with E-state index < -0.39 is 17.6 Å². The van der Waals surface area contributed by atoms with Crippen LogP contribution in [0.1, 0.15) is 31.2 Å². The van der Waals surface area contributed by atoms with Crippen molar-refractivity contribution in [3.8, 4) is 16.9 Å². The van der Waals surface area contributed by atoms with Crippen molar-refractivity contribution in [1.82, 2.24) is 14.5 Å². The van der Waals surface area contributed by atoms with Crippen LogP contribution in [0.5, 0.6) is 0 Å². The molecule has 2 aromatic carbocycles. The molecule has 37 heavy (non-hydrogen) atoms. The molecule has 0 spiro atoms. The number of carbonyl (C=O) groups excluding carboxylic acids is 2. The van der Waals surface area contributed by atoms with E-state index in [0.29, 0.717) is 24.5 Å². The number of anilines is 1. The molecule has 1 aliphatic heterocycles. The van der Waals surface area contributed by atoms with Gasteiger partial charge in [-0.1, -0.05) is 30.3 Å². The quantitative estimate of drug-likeness (QED) is 0.465. The molecule has 0 radical (unpaired) electrons. The van der Waals surface area contributed by atoms with Crippen LogP contribution in [0.3, 0.4) is 0 Å². The van der Waals surface area contributed by atoms with E-state index in [1.165, 1.54) is 16.7 Å². The molecule has 5 rings (SSSR count). The van der Waals surface area contributed by atoms with Gasteiger partial charge in [-0.05, 0) is 49.9 Å². The second-order valence-electron chi connectivity index (χ2n) is 9.41. The van der Waals surface area contributed by atoms with Gasteiger partial charge in [-0.15, -0.1) is 0 Å². The van der Waals surface area contributed by atoms with Crippen LogP contribution in [0.25, 0.3) is 16.9 Å². The molecule has 10 heteroatoms. The van der Waals surface area contributed by atoms with E-state index >= 15 is 0 Å². The lowest BCUT2D eigenvalue weighted by atomic mass is 10.2. The van der Waals surface area contributed by atoms with Crippen molar-refractivity contribution in [3.05, 3.63) is 66.4 Å². The number of rotatable bonds is 8. The second kappa shape index (κ2) is 10.4. The Balaban J connectivity index is 1.39. The number of amides is 2. The molecule has 0 bridgehead atoms. The second-order valence-corrected chi connectivity index (χ2v) is 9.41. The fraction of sp³-hybridized carbons (Fsp3) is 0.370. The zero-order valence-corrected chi connectivity index (χ0v) is 20.1. The topological polar surface area (TPSA) is 76.5 Å². The van der Waals surface area contributed by atoms with Gasteiger partial charge in [0, 0.05) is 36.5 Å². The Morgan fingerprint density at radius 1 is 1.05 bits per heavy atom. The van der Waals surface area contributed by atoms with Crippen molar-refractivity contribution >= 4 is 17.8 Å². The lowest BCUT2D eigenvalue weighted by molar-refractivity contribution is -0.137. The molecule has 1 unspecified atom stereocenters. The van der Waals surface area contributed by atoms with Crippen molar-refractivity contribution in [2.45, 2.75) is 38.0 Å². The van der Waals surface area contributed by atoms with Gasteiger partial charge in [0.05, 0.1) is 17.4 Å². The molecule has 1 saturated heterocycles. The number of aromatic nitrogens is 2. The summed E-state index contributed by atoms with van der Waals surface area (Å²) in [5.74, 6) is -0.389. The normalized spacial score (nSPS) is 17.5. The molecule has 3 aromatic rings. The van der Waals surface area contributed by atoms with Crippen LogP contribution in [0.4, 0.5) is 19.1 Å². The molecular formula is C27H27F3N4O3. The highest BCUT2D eigenvalue weighted by molar-refractivity contribution is 5.94. The highest BCUT2D eigenvalue weighted by atomic mass is 19.4. The molecule has 1 aliphatic carbocycles. The van der Waals surface area contributed by atoms with Gasteiger partial charge < -0.3 is 9.64 Å². The molecule has 194 valence electrons. The third-order valence-electron chi connectivity index (χ3n) is 6.52. The first-order chi connectivity index (χ1) is 17.8. The molecule has 1 atom stereocenters. The summed E-state index contributed by atoms with van der Waals surface area (Å²) in [5, 5.41) is 2.77. The summed E-state index contributed by atoms with van der Waals surface area (Å²) >= 11 is 0. The van der Waals surface area contributed by atoms with Crippen LogP contribution in [0, 0.1) is 5.92 Å². The Bertz CT molecular complexity index is 1250. The number of hydrogen-bond acceptors (Lipinski definition) is 4. The van der Waals surface area contributed by atoms with Gasteiger partial charge in [-0.3, -0.25) is 19.5 Å². The first-order valence-electron chi connectivity index (χ1n) is 12.3. The Morgan fingerprint density at radius 3 is 2.41 bits per heavy atom. The molecular weight excluding hydrogens is 485 g/mol. The summed E-state index contributed by atoms with van der Waals surface area (Å²) in [6.07, 6.45) is 0.522. The predicted molar refractivity (Wildman–Crippen MR) is 131 cm³/mol. The van der Waals surface area contributed by atoms with E-state index in [9.17, 15) is 22.8 Å². The maximum atomic E-state index is 13.1. The molecule has 2 fully saturated rings. The van der Waals surface area contributed by atoms with Gasteiger partial charge in [-0.2, -0.15) is 13.2 Å².